The second-order valence-electron chi connectivity index (χ2n) is 5.01. The van der Waals surface area contributed by atoms with Crippen molar-refractivity contribution in [3.63, 3.8) is 0 Å². The van der Waals surface area contributed by atoms with Gasteiger partial charge in [-0.25, -0.2) is 0 Å². The van der Waals surface area contributed by atoms with Gasteiger partial charge in [-0.3, -0.25) is 0 Å². The molecule has 1 N–H and O–H groups in total. The predicted molar refractivity (Wildman–Crippen MR) is 81.6 cm³/mol. The Morgan fingerprint density at radius 3 is 3.05 bits per heavy atom. The van der Waals surface area contributed by atoms with Gasteiger partial charge in [0.25, 0.3) is 0 Å². The van der Waals surface area contributed by atoms with E-state index in [4.69, 9.17) is 4.74 Å². The summed E-state index contributed by atoms with van der Waals surface area (Å²) in [6, 6.07) is 6.70. The Morgan fingerprint density at radius 1 is 1.40 bits per heavy atom. The first-order chi connectivity index (χ1) is 9.80. The second kappa shape index (κ2) is 5.79. The van der Waals surface area contributed by atoms with Gasteiger partial charge in [0.1, 0.15) is 10.8 Å². The molecule has 20 heavy (non-hydrogen) atoms. The van der Waals surface area contributed by atoms with E-state index in [1.54, 1.807) is 18.4 Å². The van der Waals surface area contributed by atoms with E-state index in [2.05, 4.69) is 34.6 Å². The van der Waals surface area contributed by atoms with Crippen LogP contribution in [0.2, 0.25) is 0 Å². The number of rotatable bonds is 4. The maximum Gasteiger partial charge on any atom is 0.206 e. The molecule has 1 heterocycles. The molecule has 4 nitrogen and oxygen atoms in total. The van der Waals surface area contributed by atoms with Crippen molar-refractivity contribution in [3.05, 3.63) is 34.3 Å². The molecule has 1 aromatic heterocycles. The number of aromatic nitrogens is 2. The summed E-state index contributed by atoms with van der Waals surface area (Å²) in [5.74, 6) is 0.939. The molecule has 0 bridgehead atoms. The number of anilines is 1. The zero-order valence-corrected chi connectivity index (χ0v) is 12.7. The highest BCUT2D eigenvalue weighted by Crippen LogP contribution is 2.35. The molecule has 1 aromatic carbocycles. The molecule has 0 spiro atoms. The highest BCUT2D eigenvalue weighted by molar-refractivity contribution is 7.15. The number of nitrogens with one attached hydrogen (secondary N) is 1. The highest BCUT2D eigenvalue weighted by atomic mass is 32.1. The molecule has 0 fully saturated rings. The van der Waals surface area contributed by atoms with Gasteiger partial charge in [0.2, 0.25) is 5.13 Å². The average Bonchev–Trinajstić information content (AvgIpc) is 2.94. The Kier molecular flexibility index (Phi) is 3.87. The molecule has 1 atom stereocenters. The monoisotopic (exact) mass is 289 g/mol. The van der Waals surface area contributed by atoms with Crippen LogP contribution in [0, 0.1) is 0 Å². The van der Waals surface area contributed by atoms with Crippen LogP contribution in [0.5, 0.6) is 5.75 Å². The lowest BCUT2D eigenvalue weighted by atomic mass is 9.87. The van der Waals surface area contributed by atoms with E-state index in [1.807, 2.05) is 6.07 Å². The van der Waals surface area contributed by atoms with Crippen LogP contribution in [0.4, 0.5) is 5.13 Å². The largest absolute Gasteiger partial charge is 0.497 e. The summed E-state index contributed by atoms with van der Waals surface area (Å²) in [5.41, 5.74) is 2.75. The molecule has 0 amide bonds. The maximum atomic E-state index is 5.31. The predicted octanol–water partition coefficient (Wildman–Crippen LogP) is 3.60. The molecule has 0 radical (unpaired) electrons. The van der Waals surface area contributed by atoms with Gasteiger partial charge in [0.05, 0.1) is 13.2 Å². The standard InChI is InChI=1S/C15H19N3OS/c1-3-14-17-18-15(20-14)16-13-6-4-5-10-9-11(19-2)7-8-12(10)13/h7-9,13H,3-6H2,1-2H3,(H,16,18). The van der Waals surface area contributed by atoms with E-state index in [0.717, 1.165) is 35.2 Å². The van der Waals surface area contributed by atoms with Crippen molar-refractivity contribution in [3.8, 4) is 5.75 Å². The van der Waals surface area contributed by atoms with E-state index in [9.17, 15) is 0 Å². The molecule has 5 heteroatoms. The number of ether oxygens (including phenoxy) is 1. The smallest absolute Gasteiger partial charge is 0.206 e. The van der Waals surface area contributed by atoms with E-state index in [0.29, 0.717) is 6.04 Å². The average molecular weight is 289 g/mol. The van der Waals surface area contributed by atoms with Gasteiger partial charge in [0, 0.05) is 0 Å². The number of nitrogens with zero attached hydrogens (tertiary/aromatic N) is 2. The minimum atomic E-state index is 0.335. The number of hydrogen-bond acceptors (Lipinski definition) is 5. The van der Waals surface area contributed by atoms with Gasteiger partial charge in [-0.1, -0.05) is 24.3 Å². The molecule has 1 aliphatic rings. The van der Waals surface area contributed by atoms with E-state index >= 15 is 0 Å². The van der Waals surface area contributed by atoms with Gasteiger partial charge >= 0.3 is 0 Å². The summed E-state index contributed by atoms with van der Waals surface area (Å²) in [7, 11) is 1.72. The van der Waals surface area contributed by atoms with Crippen LogP contribution in [0.25, 0.3) is 0 Å². The zero-order valence-electron chi connectivity index (χ0n) is 11.8. The quantitative estimate of drug-likeness (QED) is 0.934. The lowest BCUT2D eigenvalue weighted by molar-refractivity contribution is 0.413. The van der Waals surface area contributed by atoms with Crippen molar-refractivity contribution in [2.45, 2.75) is 38.6 Å². The molecule has 2 aromatic rings. The number of benzene rings is 1. The third kappa shape index (κ3) is 2.63. The van der Waals surface area contributed by atoms with Crippen LogP contribution in [-0.2, 0) is 12.8 Å². The summed E-state index contributed by atoms with van der Waals surface area (Å²) in [6.07, 6.45) is 4.40. The Labute approximate surface area is 123 Å². The summed E-state index contributed by atoms with van der Waals surface area (Å²) in [6.45, 7) is 2.10. The second-order valence-corrected chi connectivity index (χ2v) is 6.07. The van der Waals surface area contributed by atoms with Crippen molar-refractivity contribution in [1.82, 2.24) is 10.2 Å². The van der Waals surface area contributed by atoms with Gasteiger partial charge in [0.15, 0.2) is 0 Å². The van der Waals surface area contributed by atoms with E-state index < -0.39 is 0 Å². The van der Waals surface area contributed by atoms with E-state index in [1.165, 1.54) is 17.5 Å². The van der Waals surface area contributed by atoms with Crippen LogP contribution in [0.1, 0.15) is 41.9 Å². The summed E-state index contributed by atoms with van der Waals surface area (Å²) in [5, 5.41) is 13.9. The summed E-state index contributed by atoms with van der Waals surface area (Å²) < 4.78 is 5.31. The van der Waals surface area contributed by atoms with Crippen molar-refractivity contribution in [1.29, 1.82) is 0 Å². The third-order valence-corrected chi connectivity index (χ3v) is 4.73. The topological polar surface area (TPSA) is 47.0 Å². The van der Waals surface area contributed by atoms with Crippen molar-refractivity contribution in [2.24, 2.45) is 0 Å². The molecular formula is C15H19N3OS. The minimum Gasteiger partial charge on any atom is -0.497 e. The molecule has 1 aliphatic carbocycles. The van der Waals surface area contributed by atoms with Gasteiger partial charge in [-0.05, 0) is 48.9 Å². The normalized spacial score (nSPS) is 17.6. The fraction of sp³-hybridized carbons (Fsp3) is 0.467. The Bertz CT molecular complexity index is 597. The van der Waals surface area contributed by atoms with Crippen molar-refractivity contribution >= 4 is 16.5 Å². The number of fused-ring (bicyclic) bond motifs is 1. The molecule has 0 saturated carbocycles. The zero-order chi connectivity index (χ0) is 13.9. The van der Waals surface area contributed by atoms with Gasteiger partial charge in [-0.15, -0.1) is 10.2 Å². The Hall–Kier alpha value is -1.62. The van der Waals surface area contributed by atoms with Crippen LogP contribution >= 0.6 is 11.3 Å². The van der Waals surface area contributed by atoms with Crippen LogP contribution in [0.15, 0.2) is 18.2 Å². The molecular weight excluding hydrogens is 270 g/mol. The van der Waals surface area contributed by atoms with Gasteiger partial charge < -0.3 is 10.1 Å². The maximum absolute atomic E-state index is 5.31. The number of aryl methyl sites for hydroxylation is 2. The van der Waals surface area contributed by atoms with Gasteiger partial charge in [-0.2, -0.15) is 0 Å². The fourth-order valence-electron chi connectivity index (χ4n) is 2.67. The lowest BCUT2D eigenvalue weighted by Gasteiger charge is -2.26. The Balaban J connectivity index is 1.82. The highest BCUT2D eigenvalue weighted by Gasteiger charge is 2.21. The first-order valence-corrected chi connectivity index (χ1v) is 7.87. The first-order valence-electron chi connectivity index (χ1n) is 7.06. The lowest BCUT2D eigenvalue weighted by Crippen LogP contribution is -2.17. The summed E-state index contributed by atoms with van der Waals surface area (Å²) >= 11 is 1.65. The SMILES string of the molecule is CCc1nnc(NC2CCCc3cc(OC)ccc32)s1. The van der Waals surface area contributed by atoms with Crippen LogP contribution < -0.4 is 10.1 Å². The van der Waals surface area contributed by atoms with Crippen molar-refractivity contribution in [2.75, 3.05) is 12.4 Å². The fourth-order valence-corrected chi connectivity index (χ4v) is 3.40. The Morgan fingerprint density at radius 2 is 2.30 bits per heavy atom. The molecule has 0 aliphatic heterocycles. The van der Waals surface area contributed by atoms with Crippen molar-refractivity contribution < 1.29 is 4.74 Å². The molecule has 0 saturated heterocycles. The van der Waals surface area contributed by atoms with Crippen LogP contribution in [-0.4, -0.2) is 17.3 Å². The summed E-state index contributed by atoms with van der Waals surface area (Å²) in [4.78, 5) is 0. The van der Waals surface area contributed by atoms with Crippen LogP contribution in [0.3, 0.4) is 0 Å². The molecule has 3 rings (SSSR count). The molecule has 106 valence electrons. The van der Waals surface area contributed by atoms with E-state index in [-0.39, 0.29) is 0 Å². The number of methoxy groups -OCH3 is 1. The number of hydrogen-bond donors (Lipinski definition) is 1. The molecule has 1 unspecified atom stereocenters. The first kappa shape index (κ1) is 13.4. The minimum absolute atomic E-state index is 0.335. The third-order valence-electron chi connectivity index (χ3n) is 3.73.